The van der Waals surface area contributed by atoms with E-state index < -0.39 is 22.9 Å². The first-order valence-corrected chi connectivity index (χ1v) is 9.89. The molecule has 0 radical (unpaired) electrons. The number of aryl methyl sites for hydroxylation is 2. The lowest BCUT2D eigenvalue weighted by Gasteiger charge is -2.18. The molecule has 1 aromatic carbocycles. The molecular weight excluding hydrogens is 399 g/mol. The minimum atomic E-state index is -4.85. The number of nitriles is 1. The Bertz CT molecular complexity index is 1140. The molecule has 0 fully saturated rings. The zero-order chi connectivity index (χ0) is 21.2. The number of pyridine rings is 1. The first kappa shape index (κ1) is 20.8. The molecule has 4 nitrogen and oxygen atoms in total. The number of hydrogen-bond donors (Lipinski definition) is 1. The number of aromatic nitrogens is 2. The van der Waals surface area contributed by atoms with E-state index in [4.69, 9.17) is 0 Å². The van der Waals surface area contributed by atoms with Crippen molar-refractivity contribution in [1.29, 1.82) is 5.26 Å². The van der Waals surface area contributed by atoms with Crippen molar-refractivity contribution in [3.8, 4) is 17.3 Å². The fourth-order valence-electron chi connectivity index (χ4n) is 3.22. The predicted molar refractivity (Wildman–Crippen MR) is 106 cm³/mol. The molecule has 150 valence electrons. The van der Waals surface area contributed by atoms with Crippen LogP contribution in [0, 0.1) is 18.3 Å². The number of halogens is 3. The van der Waals surface area contributed by atoms with Gasteiger partial charge in [0.25, 0.3) is 5.56 Å². The summed E-state index contributed by atoms with van der Waals surface area (Å²) in [5.74, 6) is 0. The summed E-state index contributed by atoms with van der Waals surface area (Å²) in [6, 6.07) is 8.29. The Balaban J connectivity index is 2.29. The summed E-state index contributed by atoms with van der Waals surface area (Å²) in [6.45, 7) is 3.81. The standard InChI is InChI=1S/C21H18F3N3OS/c1-3-5-17-26-14(11-29-17)9-15-18(21(22,23)24)16(10-25)20(28)27-19(15)13-7-4-6-12(2)8-13/h4,6-8,11H,3,5,9H2,1-2H3,(H,27,28). The molecule has 29 heavy (non-hydrogen) atoms. The van der Waals surface area contributed by atoms with Gasteiger partial charge < -0.3 is 4.98 Å². The van der Waals surface area contributed by atoms with Gasteiger partial charge in [-0.1, -0.05) is 30.7 Å². The van der Waals surface area contributed by atoms with Crippen LogP contribution in [0.3, 0.4) is 0 Å². The smallest absolute Gasteiger partial charge is 0.321 e. The third-order valence-electron chi connectivity index (χ3n) is 4.44. The molecule has 3 rings (SSSR count). The van der Waals surface area contributed by atoms with Crippen molar-refractivity contribution < 1.29 is 13.2 Å². The van der Waals surface area contributed by atoms with Gasteiger partial charge in [-0.25, -0.2) is 4.98 Å². The lowest BCUT2D eigenvalue weighted by molar-refractivity contribution is -0.138. The maximum atomic E-state index is 14.0. The first-order valence-electron chi connectivity index (χ1n) is 9.01. The summed E-state index contributed by atoms with van der Waals surface area (Å²) in [4.78, 5) is 19.2. The van der Waals surface area contributed by atoms with Crippen LogP contribution < -0.4 is 5.56 Å². The Morgan fingerprint density at radius 1 is 1.31 bits per heavy atom. The van der Waals surface area contributed by atoms with E-state index >= 15 is 0 Å². The maximum absolute atomic E-state index is 14.0. The van der Waals surface area contributed by atoms with E-state index in [2.05, 4.69) is 9.97 Å². The quantitative estimate of drug-likeness (QED) is 0.617. The molecule has 0 amide bonds. The molecular formula is C21H18F3N3OS. The highest BCUT2D eigenvalue weighted by molar-refractivity contribution is 7.09. The van der Waals surface area contributed by atoms with Gasteiger partial charge in [0.2, 0.25) is 0 Å². The van der Waals surface area contributed by atoms with Crippen molar-refractivity contribution in [2.24, 2.45) is 0 Å². The third-order valence-corrected chi connectivity index (χ3v) is 5.40. The van der Waals surface area contributed by atoms with Crippen molar-refractivity contribution in [2.45, 2.75) is 39.3 Å². The molecule has 0 spiro atoms. The average Bonchev–Trinajstić information content (AvgIpc) is 3.09. The SMILES string of the molecule is CCCc1nc(Cc2c(-c3cccc(C)c3)[nH]c(=O)c(C#N)c2C(F)(F)F)cs1. The summed E-state index contributed by atoms with van der Waals surface area (Å²) < 4.78 is 41.9. The van der Waals surface area contributed by atoms with Crippen molar-refractivity contribution in [3.63, 3.8) is 0 Å². The predicted octanol–water partition coefficient (Wildman–Crippen LogP) is 5.24. The molecule has 0 aliphatic rings. The Morgan fingerprint density at radius 2 is 2.07 bits per heavy atom. The number of alkyl halides is 3. The van der Waals surface area contributed by atoms with E-state index in [0.717, 1.165) is 23.4 Å². The summed E-state index contributed by atoms with van der Waals surface area (Å²) >= 11 is 1.39. The fraction of sp³-hybridized carbons (Fsp3) is 0.286. The molecule has 0 saturated carbocycles. The minimum Gasteiger partial charge on any atom is -0.321 e. The second-order valence-electron chi connectivity index (χ2n) is 6.70. The highest BCUT2D eigenvalue weighted by atomic mass is 32.1. The zero-order valence-electron chi connectivity index (χ0n) is 15.9. The summed E-state index contributed by atoms with van der Waals surface area (Å²) in [5.41, 5.74) is -1.47. The molecule has 0 bridgehead atoms. The van der Waals surface area contributed by atoms with E-state index in [-0.39, 0.29) is 17.7 Å². The van der Waals surface area contributed by atoms with Gasteiger partial charge in [0.1, 0.15) is 11.6 Å². The van der Waals surface area contributed by atoms with E-state index in [1.807, 2.05) is 19.9 Å². The number of thiazole rings is 1. The number of hydrogen-bond acceptors (Lipinski definition) is 4. The molecule has 0 aliphatic carbocycles. The van der Waals surface area contributed by atoms with E-state index in [1.165, 1.54) is 17.4 Å². The van der Waals surface area contributed by atoms with Gasteiger partial charge in [-0.2, -0.15) is 18.4 Å². The number of nitrogens with one attached hydrogen (secondary N) is 1. The molecule has 2 aromatic heterocycles. The Morgan fingerprint density at radius 3 is 2.69 bits per heavy atom. The fourth-order valence-corrected chi connectivity index (χ4v) is 4.12. The summed E-state index contributed by atoms with van der Waals surface area (Å²) in [5, 5.41) is 11.8. The number of aromatic amines is 1. The van der Waals surface area contributed by atoms with E-state index in [9.17, 15) is 23.2 Å². The van der Waals surface area contributed by atoms with Crippen LogP contribution in [-0.2, 0) is 19.0 Å². The maximum Gasteiger partial charge on any atom is 0.418 e. The van der Waals surface area contributed by atoms with Crippen molar-refractivity contribution in [2.75, 3.05) is 0 Å². The van der Waals surface area contributed by atoms with Gasteiger partial charge in [-0.15, -0.1) is 11.3 Å². The molecule has 0 aliphatic heterocycles. The lowest BCUT2D eigenvalue weighted by Crippen LogP contribution is -2.23. The topological polar surface area (TPSA) is 69.5 Å². The van der Waals surface area contributed by atoms with Crippen LogP contribution in [0.5, 0.6) is 0 Å². The van der Waals surface area contributed by atoms with E-state index in [1.54, 1.807) is 23.6 Å². The molecule has 8 heteroatoms. The molecule has 3 aromatic rings. The van der Waals surface area contributed by atoms with Crippen LogP contribution in [0.4, 0.5) is 13.2 Å². The van der Waals surface area contributed by atoms with Crippen molar-refractivity contribution >= 4 is 11.3 Å². The van der Waals surface area contributed by atoms with Gasteiger partial charge in [0.05, 0.1) is 22.0 Å². The van der Waals surface area contributed by atoms with Crippen LogP contribution in [-0.4, -0.2) is 9.97 Å². The van der Waals surface area contributed by atoms with Crippen LogP contribution in [0.15, 0.2) is 34.4 Å². The Labute approximate surface area is 169 Å². The first-order chi connectivity index (χ1) is 13.7. The number of rotatable bonds is 5. The monoisotopic (exact) mass is 417 g/mol. The van der Waals surface area contributed by atoms with Crippen molar-refractivity contribution in [1.82, 2.24) is 9.97 Å². The molecule has 0 unspecified atom stereocenters. The second-order valence-corrected chi connectivity index (χ2v) is 7.64. The largest absolute Gasteiger partial charge is 0.418 e. The molecule has 0 atom stereocenters. The summed E-state index contributed by atoms with van der Waals surface area (Å²) in [7, 11) is 0. The Kier molecular flexibility index (Phi) is 5.89. The van der Waals surface area contributed by atoms with Crippen LogP contribution >= 0.6 is 11.3 Å². The van der Waals surface area contributed by atoms with Gasteiger partial charge in [-0.3, -0.25) is 4.79 Å². The lowest BCUT2D eigenvalue weighted by atomic mass is 9.93. The van der Waals surface area contributed by atoms with Gasteiger partial charge in [0.15, 0.2) is 0 Å². The molecule has 1 N–H and O–H groups in total. The normalized spacial score (nSPS) is 11.4. The van der Waals surface area contributed by atoms with Gasteiger partial charge >= 0.3 is 6.18 Å². The Hall–Kier alpha value is -2.92. The number of H-pyrrole nitrogens is 1. The van der Waals surface area contributed by atoms with Crippen LogP contribution in [0.1, 0.15) is 46.3 Å². The highest BCUT2D eigenvalue weighted by Crippen LogP contribution is 2.38. The average molecular weight is 417 g/mol. The molecule has 0 saturated heterocycles. The highest BCUT2D eigenvalue weighted by Gasteiger charge is 2.39. The van der Waals surface area contributed by atoms with E-state index in [0.29, 0.717) is 11.3 Å². The van der Waals surface area contributed by atoms with Crippen LogP contribution in [0.2, 0.25) is 0 Å². The number of benzene rings is 1. The molecule has 2 heterocycles. The summed E-state index contributed by atoms with van der Waals surface area (Å²) in [6.07, 6.45) is -3.36. The van der Waals surface area contributed by atoms with Crippen molar-refractivity contribution in [3.05, 3.63) is 73.0 Å². The second kappa shape index (κ2) is 8.21. The minimum absolute atomic E-state index is 0.0649. The van der Waals surface area contributed by atoms with Gasteiger partial charge in [-0.05, 0) is 37.0 Å². The third kappa shape index (κ3) is 4.40. The number of nitrogens with zero attached hydrogens (tertiary/aromatic N) is 2. The van der Waals surface area contributed by atoms with Gasteiger partial charge in [0, 0.05) is 11.8 Å². The van der Waals surface area contributed by atoms with Crippen LogP contribution in [0.25, 0.3) is 11.3 Å². The zero-order valence-corrected chi connectivity index (χ0v) is 16.7.